The van der Waals surface area contributed by atoms with Gasteiger partial charge in [0.25, 0.3) is 5.91 Å². The van der Waals surface area contributed by atoms with E-state index >= 15 is 0 Å². The van der Waals surface area contributed by atoms with Gasteiger partial charge >= 0.3 is 0 Å². The van der Waals surface area contributed by atoms with Gasteiger partial charge in [0, 0.05) is 16.0 Å². The number of hydrogen-bond donors (Lipinski definition) is 3. The normalized spacial score (nSPS) is 10.6. The summed E-state index contributed by atoms with van der Waals surface area (Å²) in [6.45, 7) is 0. The number of benzene rings is 1. The highest BCUT2D eigenvalue weighted by Crippen LogP contribution is 2.29. The van der Waals surface area contributed by atoms with Gasteiger partial charge in [-0.3, -0.25) is 9.89 Å². The van der Waals surface area contributed by atoms with Crippen LogP contribution in [0.1, 0.15) is 5.56 Å². The number of fused-ring (bicyclic) bond motifs is 1. The molecule has 0 saturated carbocycles. The number of aliphatic imine (C=N–C) groups is 1. The number of amides is 1. The van der Waals surface area contributed by atoms with Gasteiger partial charge in [0.05, 0.1) is 11.9 Å². The van der Waals surface area contributed by atoms with E-state index < -0.39 is 5.91 Å². The Morgan fingerprint density at radius 3 is 2.89 bits per heavy atom. The third kappa shape index (κ3) is 2.46. The molecule has 1 heterocycles. The van der Waals surface area contributed by atoms with Gasteiger partial charge in [-0.2, -0.15) is 10.1 Å². The van der Waals surface area contributed by atoms with E-state index in [1.54, 1.807) is 12.1 Å². The van der Waals surface area contributed by atoms with E-state index in [4.69, 9.17) is 23.1 Å². The van der Waals surface area contributed by atoms with Gasteiger partial charge in [-0.1, -0.05) is 11.6 Å². The molecule has 0 unspecified atom stereocenters. The third-order valence-electron chi connectivity index (χ3n) is 2.31. The lowest BCUT2D eigenvalue weighted by molar-refractivity contribution is -0.117. The van der Waals surface area contributed by atoms with E-state index in [0.717, 1.165) is 9.99 Å². The van der Waals surface area contributed by atoms with Crippen molar-refractivity contribution >= 4 is 50.3 Å². The van der Waals surface area contributed by atoms with E-state index in [0.29, 0.717) is 16.1 Å². The molecule has 5 N–H and O–H groups in total. The Morgan fingerprint density at radius 1 is 1.50 bits per heavy atom. The van der Waals surface area contributed by atoms with Gasteiger partial charge in [0.1, 0.15) is 4.60 Å². The summed E-state index contributed by atoms with van der Waals surface area (Å²) < 4.78 is 0.727. The van der Waals surface area contributed by atoms with E-state index in [1.165, 1.54) is 0 Å². The molecule has 0 spiro atoms. The van der Waals surface area contributed by atoms with E-state index in [1.807, 2.05) is 0 Å². The standard InChI is InChI=1S/C10H9BrClN5O/c11-9-4-1-2-6(12)5(8(4)16-17-9)3-7(18)15-10(13)14/h1-2H,3H2,(H,16,17)(H4,13,14,15,18). The van der Waals surface area contributed by atoms with E-state index in [2.05, 4.69) is 31.1 Å². The molecule has 8 heteroatoms. The van der Waals surface area contributed by atoms with Gasteiger partial charge in [0.2, 0.25) is 0 Å². The molecule has 0 fully saturated rings. The molecule has 0 radical (unpaired) electrons. The van der Waals surface area contributed by atoms with Crippen LogP contribution in [-0.4, -0.2) is 22.1 Å². The van der Waals surface area contributed by atoms with Crippen LogP contribution in [-0.2, 0) is 11.2 Å². The Labute approximate surface area is 116 Å². The van der Waals surface area contributed by atoms with Crippen LogP contribution < -0.4 is 11.5 Å². The Morgan fingerprint density at radius 2 is 2.22 bits per heavy atom. The van der Waals surface area contributed by atoms with Crippen LogP contribution in [0.4, 0.5) is 0 Å². The van der Waals surface area contributed by atoms with Crippen molar-refractivity contribution < 1.29 is 4.79 Å². The van der Waals surface area contributed by atoms with Crippen molar-refractivity contribution in [3.05, 3.63) is 27.3 Å². The molecule has 1 aromatic heterocycles. The summed E-state index contributed by atoms with van der Waals surface area (Å²) in [5, 5.41) is 8.15. The summed E-state index contributed by atoms with van der Waals surface area (Å²) in [5.41, 5.74) is 11.5. The summed E-state index contributed by atoms with van der Waals surface area (Å²) in [6.07, 6.45) is -0.00856. The molecule has 1 amide bonds. The summed E-state index contributed by atoms with van der Waals surface area (Å²) in [7, 11) is 0. The lowest BCUT2D eigenvalue weighted by Gasteiger charge is -2.02. The van der Waals surface area contributed by atoms with Crippen LogP contribution in [0.3, 0.4) is 0 Å². The topological polar surface area (TPSA) is 110 Å². The van der Waals surface area contributed by atoms with Crippen molar-refractivity contribution in [2.45, 2.75) is 6.42 Å². The van der Waals surface area contributed by atoms with Crippen LogP contribution >= 0.6 is 27.5 Å². The minimum absolute atomic E-state index is 0.00856. The Bertz CT molecular complexity index is 647. The molecule has 0 bridgehead atoms. The molecule has 2 rings (SSSR count). The number of aromatic amines is 1. The number of guanidine groups is 1. The maximum atomic E-state index is 11.6. The van der Waals surface area contributed by atoms with Gasteiger partial charge in [-0.05, 0) is 28.1 Å². The van der Waals surface area contributed by atoms with Crippen LogP contribution in [0.15, 0.2) is 21.7 Å². The monoisotopic (exact) mass is 329 g/mol. The smallest absolute Gasteiger partial charge is 0.253 e. The fourth-order valence-corrected chi connectivity index (χ4v) is 2.21. The summed E-state index contributed by atoms with van der Waals surface area (Å²) in [6, 6.07) is 3.50. The number of carbonyl (C=O) groups is 1. The number of nitrogens with zero attached hydrogens (tertiary/aromatic N) is 2. The van der Waals surface area contributed by atoms with Crippen molar-refractivity contribution in [2.75, 3.05) is 0 Å². The third-order valence-corrected chi connectivity index (χ3v) is 3.27. The molecule has 0 aliphatic carbocycles. The van der Waals surface area contributed by atoms with E-state index in [-0.39, 0.29) is 12.4 Å². The number of nitrogens with one attached hydrogen (secondary N) is 1. The van der Waals surface area contributed by atoms with Crippen LogP contribution in [0.2, 0.25) is 5.02 Å². The Kier molecular flexibility index (Phi) is 3.53. The van der Waals surface area contributed by atoms with Crippen molar-refractivity contribution in [3.63, 3.8) is 0 Å². The molecule has 18 heavy (non-hydrogen) atoms. The predicted octanol–water partition coefficient (Wildman–Crippen LogP) is 1.32. The van der Waals surface area contributed by atoms with Crippen molar-refractivity contribution in [1.82, 2.24) is 10.2 Å². The maximum Gasteiger partial charge on any atom is 0.253 e. The van der Waals surface area contributed by atoms with Crippen molar-refractivity contribution in [2.24, 2.45) is 16.5 Å². The summed E-state index contributed by atoms with van der Waals surface area (Å²) in [4.78, 5) is 15.0. The number of aromatic nitrogens is 2. The minimum Gasteiger partial charge on any atom is -0.370 e. The largest absolute Gasteiger partial charge is 0.370 e. The first-order chi connectivity index (χ1) is 8.49. The average molecular weight is 331 g/mol. The Hall–Kier alpha value is -1.60. The SMILES string of the molecule is NC(N)=NC(=O)Cc1c(Cl)ccc2c(Br)[nH]nc12. The van der Waals surface area contributed by atoms with Gasteiger partial charge in [-0.15, -0.1) is 0 Å². The molecule has 1 aromatic carbocycles. The fraction of sp³-hybridized carbons (Fsp3) is 0.100. The zero-order valence-corrected chi connectivity index (χ0v) is 11.4. The number of carbonyl (C=O) groups excluding carboxylic acids is 1. The summed E-state index contributed by atoms with van der Waals surface area (Å²) in [5.74, 6) is -0.741. The van der Waals surface area contributed by atoms with Gasteiger partial charge in [-0.25, -0.2) is 0 Å². The van der Waals surface area contributed by atoms with Crippen LogP contribution in [0.5, 0.6) is 0 Å². The lowest BCUT2D eigenvalue weighted by Crippen LogP contribution is -2.24. The Balaban J connectivity index is 2.47. The molecule has 0 aliphatic heterocycles. The predicted molar refractivity (Wildman–Crippen MR) is 73.3 cm³/mol. The van der Waals surface area contributed by atoms with Gasteiger partial charge < -0.3 is 11.5 Å². The average Bonchev–Trinajstić information content (AvgIpc) is 2.64. The van der Waals surface area contributed by atoms with Crippen LogP contribution in [0.25, 0.3) is 10.9 Å². The molecule has 2 aromatic rings. The fourth-order valence-electron chi connectivity index (χ4n) is 1.58. The first-order valence-electron chi connectivity index (χ1n) is 4.92. The zero-order chi connectivity index (χ0) is 13.3. The van der Waals surface area contributed by atoms with E-state index in [9.17, 15) is 4.79 Å². The highest BCUT2D eigenvalue weighted by molar-refractivity contribution is 9.10. The second-order valence-electron chi connectivity index (χ2n) is 3.57. The molecule has 94 valence electrons. The number of hydrogen-bond acceptors (Lipinski definition) is 2. The number of halogens is 2. The number of H-pyrrole nitrogens is 1. The molecule has 0 aliphatic rings. The van der Waals surface area contributed by atoms with Crippen molar-refractivity contribution in [3.8, 4) is 0 Å². The molecule has 6 nitrogen and oxygen atoms in total. The second kappa shape index (κ2) is 4.95. The zero-order valence-electron chi connectivity index (χ0n) is 9.08. The highest BCUT2D eigenvalue weighted by Gasteiger charge is 2.14. The molecular formula is C10H9BrClN5O. The maximum absolute atomic E-state index is 11.6. The minimum atomic E-state index is -0.469. The molecular weight excluding hydrogens is 322 g/mol. The van der Waals surface area contributed by atoms with Crippen molar-refractivity contribution in [1.29, 1.82) is 0 Å². The quantitative estimate of drug-likeness (QED) is 0.569. The second-order valence-corrected chi connectivity index (χ2v) is 4.77. The lowest BCUT2D eigenvalue weighted by atomic mass is 10.1. The first-order valence-corrected chi connectivity index (χ1v) is 6.09. The number of rotatable bonds is 2. The van der Waals surface area contributed by atoms with Crippen LogP contribution in [0, 0.1) is 0 Å². The molecule has 0 atom stereocenters. The highest BCUT2D eigenvalue weighted by atomic mass is 79.9. The number of nitrogens with two attached hydrogens (primary N) is 2. The van der Waals surface area contributed by atoms with Gasteiger partial charge in [0.15, 0.2) is 5.96 Å². The molecule has 0 saturated heterocycles. The first kappa shape index (κ1) is 12.8. The summed E-state index contributed by atoms with van der Waals surface area (Å²) >= 11 is 9.38.